The Morgan fingerprint density at radius 3 is 2.53 bits per heavy atom. The van der Waals surface area contributed by atoms with Crippen molar-refractivity contribution in [2.24, 2.45) is 0 Å². The molecule has 1 atom stereocenters. The fourth-order valence-corrected chi connectivity index (χ4v) is 2.83. The molecule has 0 aliphatic carbocycles. The molecule has 0 aliphatic heterocycles. The van der Waals surface area contributed by atoms with Crippen molar-refractivity contribution in [3.8, 4) is 6.07 Å². The Kier molecular flexibility index (Phi) is 4.04. The van der Waals surface area contributed by atoms with Crippen molar-refractivity contribution in [2.45, 2.75) is 19.8 Å². The summed E-state index contributed by atoms with van der Waals surface area (Å²) in [5.74, 6) is -0.961. The van der Waals surface area contributed by atoms with Crippen molar-refractivity contribution in [3.63, 3.8) is 0 Å². The van der Waals surface area contributed by atoms with Crippen LogP contribution in [-0.4, -0.2) is 5.78 Å². The first-order valence-electron chi connectivity index (χ1n) is 5.79. The van der Waals surface area contributed by atoms with Crippen molar-refractivity contribution in [1.29, 1.82) is 5.26 Å². The minimum Gasteiger partial charge on any atom is -0.291 e. The first kappa shape index (κ1) is 13.8. The molecule has 2 nitrogen and oxygen atoms in total. The average Bonchev–Trinajstić information content (AvgIpc) is 2.81. The first-order valence-corrected chi connectivity index (χ1v) is 6.98. The lowest BCUT2D eigenvalue weighted by atomic mass is 9.93. The molecule has 96 valence electrons. The van der Waals surface area contributed by atoms with E-state index in [0.717, 1.165) is 16.7 Å². The molecule has 4 heteroatoms. The molecule has 0 aliphatic rings. The van der Waals surface area contributed by atoms with E-state index in [0.29, 0.717) is 9.21 Å². The standard InChI is InChI=1S/C15H12ClNOS/c1-9-3-4-11(7-10(9)2)12(8-17)15(18)13-5-6-14(16)19-13/h3-7,12H,1-2H3. The topological polar surface area (TPSA) is 40.9 Å². The van der Waals surface area contributed by atoms with Crippen LogP contribution in [0.5, 0.6) is 0 Å². The number of rotatable bonds is 3. The van der Waals surface area contributed by atoms with Crippen molar-refractivity contribution in [3.05, 3.63) is 56.2 Å². The SMILES string of the molecule is Cc1ccc(C(C#N)C(=O)c2ccc(Cl)s2)cc1C. The number of thiophene rings is 1. The highest BCUT2D eigenvalue weighted by Gasteiger charge is 2.23. The third-order valence-electron chi connectivity index (χ3n) is 3.07. The van der Waals surface area contributed by atoms with Gasteiger partial charge in [0.15, 0.2) is 5.78 Å². The van der Waals surface area contributed by atoms with Gasteiger partial charge in [-0.15, -0.1) is 11.3 Å². The first-order chi connectivity index (χ1) is 9.02. The number of benzene rings is 1. The van der Waals surface area contributed by atoms with Crippen LogP contribution in [0.15, 0.2) is 30.3 Å². The number of ketones is 1. The number of Topliss-reactive ketones (excluding diaryl/α,β-unsaturated/α-hetero) is 1. The van der Waals surface area contributed by atoms with Gasteiger partial charge in [0.2, 0.25) is 0 Å². The second kappa shape index (κ2) is 5.56. The molecule has 19 heavy (non-hydrogen) atoms. The average molecular weight is 290 g/mol. The summed E-state index contributed by atoms with van der Waals surface area (Å²) in [5.41, 5.74) is 2.96. The van der Waals surface area contributed by atoms with Crippen LogP contribution in [0.4, 0.5) is 0 Å². The van der Waals surface area contributed by atoms with E-state index in [1.165, 1.54) is 11.3 Å². The number of halogens is 1. The molecule has 0 N–H and O–H groups in total. The second-order valence-corrected chi connectivity index (χ2v) is 6.09. The van der Waals surface area contributed by atoms with Gasteiger partial charge in [0, 0.05) is 0 Å². The molecule has 1 heterocycles. The normalized spacial score (nSPS) is 11.9. The van der Waals surface area contributed by atoms with Crippen molar-refractivity contribution < 1.29 is 4.79 Å². The summed E-state index contributed by atoms with van der Waals surface area (Å²) < 4.78 is 0.556. The molecular weight excluding hydrogens is 278 g/mol. The minimum absolute atomic E-state index is 0.192. The fraction of sp³-hybridized carbons (Fsp3) is 0.200. The zero-order valence-electron chi connectivity index (χ0n) is 10.6. The van der Waals surface area contributed by atoms with Gasteiger partial charge in [-0.2, -0.15) is 5.26 Å². The van der Waals surface area contributed by atoms with Gasteiger partial charge in [-0.05, 0) is 42.7 Å². The molecule has 1 unspecified atom stereocenters. The Labute approximate surface area is 121 Å². The van der Waals surface area contributed by atoms with E-state index in [1.54, 1.807) is 12.1 Å². The predicted molar refractivity (Wildman–Crippen MR) is 77.9 cm³/mol. The zero-order valence-corrected chi connectivity index (χ0v) is 12.2. The number of nitrogens with zero attached hydrogens (tertiary/aromatic N) is 1. The van der Waals surface area contributed by atoms with Crippen molar-refractivity contribution in [1.82, 2.24) is 0 Å². The molecule has 0 amide bonds. The molecule has 0 bridgehead atoms. The molecule has 2 aromatic rings. The quantitative estimate of drug-likeness (QED) is 0.780. The molecule has 0 spiro atoms. The maximum absolute atomic E-state index is 12.3. The fourth-order valence-electron chi connectivity index (χ4n) is 1.82. The largest absolute Gasteiger partial charge is 0.291 e. The second-order valence-electron chi connectivity index (χ2n) is 4.37. The lowest BCUT2D eigenvalue weighted by Gasteiger charge is -2.09. The van der Waals surface area contributed by atoms with Crippen LogP contribution in [0.25, 0.3) is 0 Å². The number of hydrogen-bond donors (Lipinski definition) is 0. The summed E-state index contributed by atoms with van der Waals surface area (Å²) >= 11 is 7.03. The van der Waals surface area contributed by atoms with E-state index in [9.17, 15) is 10.1 Å². The van der Waals surface area contributed by atoms with Gasteiger partial charge in [0.25, 0.3) is 0 Å². The van der Waals surface area contributed by atoms with Crippen LogP contribution < -0.4 is 0 Å². The van der Waals surface area contributed by atoms with Gasteiger partial charge in [0.1, 0.15) is 5.92 Å². The van der Waals surface area contributed by atoms with Crippen molar-refractivity contribution >= 4 is 28.7 Å². The summed E-state index contributed by atoms with van der Waals surface area (Å²) in [6.45, 7) is 3.97. The lowest BCUT2D eigenvalue weighted by Crippen LogP contribution is -2.10. The minimum atomic E-state index is -0.769. The monoisotopic (exact) mass is 289 g/mol. The number of carbonyl (C=O) groups excluding carboxylic acids is 1. The Bertz CT molecular complexity index is 669. The van der Waals surface area contributed by atoms with Gasteiger partial charge >= 0.3 is 0 Å². The Balaban J connectivity index is 2.37. The van der Waals surface area contributed by atoms with Crippen LogP contribution in [0, 0.1) is 25.2 Å². The maximum Gasteiger partial charge on any atom is 0.194 e. The molecule has 2 rings (SSSR count). The Hall–Kier alpha value is -1.63. The van der Waals surface area contributed by atoms with E-state index in [2.05, 4.69) is 6.07 Å². The predicted octanol–water partition coefficient (Wildman–Crippen LogP) is 4.51. The van der Waals surface area contributed by atoms with Gasteiger partial charge in [-0.3, -0.25) is 4.79 Å². The van der Waals surface area contributed by atoms with Gasteiger partial charge in [0.05, 0.1) is 15.3 Å². The summed E-state index contributed by atoms with van der Waals surface area (Å²) in [6, 6.07) is 11.1. The van der Waals surface area contributed by atoms with Crippen LogP contribution in [0.3, 0.4) is 0 Å². The molecule has 0 fully saturated rings. The van der Waals surface area contributed by atoms with Crippen LogP contribution in [0.2, 0.25) is 4.34 Å². The molecular formula is C15H12ClNOS. The number of hydrogen-bond acceptors (Lipinski definition) is 3. The zero-order chi connectivity index (χ0) is 14.0. The van der Waals surface area contributed by atoms with E-state index in [-0.39, 0.29) is 5.78 Å². The molecule has 0 saturated carbocycles. The van der Waals surface area contributed by atoms with Crippen LogP contribution in [0.1, 0.15) is 32.3 Å². The summed E-state index contributed by atoms with van der Waals surface area (Å²) in [7, 11) is 0. The maximum atomic E-state index is 12.3. The lowest BCUT2D eigenvalue weighted by molar-refractivity contribution is 0.0983. The third-order valence-corrected chi connectivity index (χ3v) is 4.32. The highest BCUT2D eigenvalue weighted by molar-refractivity contribution is 7.18. The number of carbonyl (C=O) groups is 1. The molecule has 0 radical (unpaired) electrons. The van der Waals surface area contributed by atoms with Crippen LogP contribution >= 0.6 is 22.9 Å². The molecule has 0 saturated heterocycles. The summed E-state index contributed by atoms with van der Waals surface area (Å²) in [5, 5.41) is 9.28. The van der Waals surface area contributed by atoms with E-state index in [4.69, 9.17) is 11.6 Å². The summed E-state index contributed by atoms with van der Waals surface area (Å²) in [6.07, 6.45) is 0. The smallest absolute Gasteiger partial charge is 0.194 e. The van der Waals surface area contributed by atoms with Gasteiger partial charge < -0.3 is 0 Å². The summed E-state index contributed by atoms with van der Waals surface area (Å²) in [4.78, 5) is 12.8. The Morgan fingerprint density at radius 2 is 2.00 bits per heavy atom. The Morgan fingerprint density at radius 1 is 1.26 bits per heavy atom. The van der Waals surface area contributed by atoms with E-state index < -0.39 is 5.92 Å². The van der Waals surface area contributed by atoms with Gasteiger partial charge in [-0.1, -0.05) is 29.8 Å². The van der Waals surface area contributed by atoms with Crippen molar-refractivity contribution in [2.75, 3.05) is 0 Å². The number of aryl methyl sites for hydroxylation is 2. The highest BCUT2D eigenvalue weighted by atomic mass is 35.5. The number of nitriles is 1. The van der Waals surface area contributed by atoms with Crippen LogP contribution in [-0.2, 0) is 0 Å². The third kappa shape index (κ3) is 2.86. The molecule has 1 aromatic carbocycles. The van der Waals surface area contributed by atoms with Gasteiger partial charge in [-0.25, -0.2) is 0 Å². The van der Waals surface area contributed by atoms with E-state index in [1.807, 2.05) is 32.0 Å². The van der Waals surface area contributed by atoms with E-state index >= 15 is 0 Å². The molecule has 1 aromatic heterocycles. The highest BCUT2D eigenvalue weighted by Crippen LogP contribution is 2.28.